The molecule has 17 heteroatoms. The molecule has 1 fully saturated rings. The number of carbonyl (C=O) groups is 1. The molecule has 282 valence electrons. The van der Waals surface area contributed by atoms with E-state index in [0.717, 1.165) is 5.69 Å². The van der Waals surface area contributed by atoms with Crippen LogP contribution in [0.1, 0.15) is 24.6 Å². The highest BCUT2D eigenvalue weighted by molar-refractivity contribution is 9.11. The number of carbonyl (C=O) groups excluding carboxylic acids is 1. The van der Waals surface area contributed by atoms with Crippen molar-refractivity contribution in [3.8, 4) is 22.6 Å². The Morgan fingerprint density at radius 1 is 1.07 bits per heavy atom. The number of rotatable bonds is 12. The summed E-state index contributed by atoms with van der Waals surface area (Å²) < 4.78 is 16.1. The molecular weight excluding hydrogens is 826 g/mol. The number of ether oxygens (including phenoxy) is 2. The topological polar surface area (TPSA) is 160 Å². The van der Waals surface area contributed by atoms with Gasteiger partial charge in [0.2, 0.25) is 18.2 Å². The third kappa shape index (κ3) is 8.02. The van der Waals surface area contributed by atoms with E-state index in [1.54, 1.807) is 65.8 Å². The van der Waals surface area contributed by atoms with E-state index < -0.39 is 4.92 Å². The summed E-state index contributed by atoms with van der Waals surface area (Å²) in [6.07, 6.45) is 7.51. The summed E-state index contributed by atoms with van der Waals surface area (Å²) in [5.41, 5.74) is 2.48. The summed E-state index contributed by atoms with van der Waals surface area (Å²) in [6, 6.07) is 12.8. The smallest absolute Gasteiger partial charge is 0.390 e. The molecular formula is C37H40Br2N9O6+. The number of nitro groups is 1. The maximum absolute atomic E-state index is 14.7. The predicted molar refractivity (Wildman–Crippen MR) is 212 cm³/mol. The number of imidazole rings is 1. The molecule has 0 saturated carbocycles. The van der Waals surface area contributed by atoms with Crippen molar-refractivity contribution in [1.82, 2.24) is 29.0 Å². The number of methoxy groups -OCH3 is 2. The third-order valence-electron chi connectivity index (χ3n) is 9.44. The zero-order valence-corrected chi connectivity index (χ0v) is 33.6. The van der Waals surface area contributed by atoms with Crippen molar-refractivity contribution in [2.45, 2.75) is 25.4 Å². The van der Waals surface area contributed by atoms with Crippen LogP contribution in [0.25, 0.3) is 22.2 Å². The van der Waals surface area contributed by atoms with Crippen molar-refractivity contribution in [2.75, 3.05) is 53.3 Å². The van der Waals surface area contributed by atoms with E-state index in [1.165, 1.54) is 6.33 Å². The molecule has 4 heterocycles. The minimum atomic E-state index is -0.479. The molecule has 1 N–H and O–H groups in total. The van der Waals surface area contributed by atoms with Crippen LogP contribution in [0.2, 0.25) is 0 Å². The number of quaternary nitrogens is 1. The van der Waals surface area contributed by atoms with Crippen LogP contribution >= 0.6 is 31.9 Å². The largest absolute Gasteiger partial charge is 0.495 e. The van der Waals surface area contributed by atoms with Crippen molar-refractivity contribution in [3.05, 3.63) is 102 Å². The molecule has 0 unspecified atom stereocenters. The van der Waals surface area contributed by atoms with Gasteiger partial charge in [0.1, 0.15) is 23.7 Å². The molecule has 0 aliphatic carbocycles. The SMILES string of the molecule is COc1cc(OC)c(Br)c(-c2cc3cnc(Nc4ccccc4)nc3n(C3CCN(C(=O)/C=C/C[N+](C)(C)Cc4c([N+](=O)[O-])ncn4C)CC3)c2=O)c1Br. The van der Waals surface area contributed by atoms with Gasteiger partial charge >= 0.3 is 5.82 Å². The van der Waals surface area contributed by atoms with E-state index in [-0.39, 0.29) is 23.3 Å². The normalized spacial score (nSPS) is 13.8. The molecule has 1 saturated heterocycles. The van der Waals surface area contributed by atoms with Gasteiger partial charge in [0.25, 0.3) is 5.56 Å². The second-order valence-corrected chi connectivity index (χ2v) is 15.2. The molecule has 5 aromatic rings. The number of anilines is 2. The lowest BCUT2D eigenvalue weighted by Gasteiger charge is -2.33. The van der Waals surface area contributed by atoms with Gasteiger partial charge in [-0.3, -0.25) is 14.2 Å². The number of aryl methyl sites for hydroxylation is 1. The third-order valence-corrected chi connectivity index (χ3v) is 11.0. The van der Waals surface area contributed by atoms with Crippen LogP contribution in [-0.4, -0.2) is 92.2 Å². The number of likely N-dealkylation sites (tertiary alicyclic amines) is 1. The average Bonchev–Trinajstić information content (AvgIpc) is 3.51. The van der Waals surface area contributed by atoms with Gasteiger partial charge in [-0.05, 0) is 78.9 Å². The number of para-hydroxylation sites is 1. The number of hydrogen-bond acceptors (Lipinski definition) is 10. The number of pyridine rings is 1. The van der Waals surface area contributed by atoms with Crippen molar-refractivity contribution in [1.29, 1.82) is 0 Å². The molecule has 3 aromatic heterocycles. The highest BCUT2D eigenvalue weighted by Crippen LogP contribution is 2.46. The Bertz CT molecular complexity index is 2270. The van der Waals surface area contributed by atoms with Gasteiger partial charge in [0.05, 0.1) is 49.4 Å². The Hall–Kier alpha value is -5.13. The Balaban J connectivity index is 1.28. The van der Waals surface area contributed by atoms with Crippen molar-refractivity contribution in [2.24, 2.45) is 7.05 Å². The molecule has 15 nitrogen and oxygen atoms in total. The van der Waals surface area contributed by atoms with Crippen LogP contribution in [-0.2, 0) is 18.4 Å². The molecule has 0 radical (unpaired) electrons. The average molecular weight is 867 g/mol. The molecule has 1 amide bonds. The molecule has 1 aliphatic heterocycles. The van der Waals surface area contributed by atoms with Gasteiger partial charge in [-0.1, -0.05) is 18.2 Å². The van der Waals surface area contributed by atoms with Crippen LogP contribution < -0.4 is 20.3 Å². The van der Waals surface area contributed by atoms with E-state index in [0.29, 0.717) is 97.8 Å². The maximum Gasteiger partial charge on any atom is 0.390 e. The van der Waals surface area contributed by atoms with Gasteiger partial charge < -0.3 is 38.9 Å². The molecule has 0 spiro atoms. The van der Waals surface area contributed by atoms with E-state index in [4.69, 9.17) is 14.5 Å². The van der Waals surface area contributed by atoms with Gasteiger partial charge in [-0.2, -0.15) is 4.98 Å². The standard InChI is InChI=1S/C37H39Br2N9O6/c1-44-22-41-35(47(51)52)27(44)21-48(2,3)17-9-12-30(49)45-15-13-25(14-16-45)46-34-23(20-40-37(43-34)42-24-10-7-6-8-11-24)18-26(36(46)50)31-32(38)28(53-4)19-29(54-5)33(31)39/h6-12,18-20,22,25H,13-17,21H2,1-5H3/p+1/b12-9+. The zero-order chi connectivity index (χ0) is 38.7. The number of fused-ring (bicyclic) bond motifs is 1. The fourth-order valence-electron chi connectivity index (χ4n) is 6.61. The monoisotopic (exact) mass is 864 g/mol. The lowest BCUT2D eigenvalue weighted by atomic mass is 10.0. The first-order chi connectivity index (χ1) is 25.8. The summed E-state index contributed by atoms with van der Waals surface area (Å²) in [5, 5.41) is 15.3. The number of nitrogens with one attached hydrogen (secondary N) is 1. The Morgan fingerprint density at radius 3 is 2.37 bits per heavy atom. The van der Waals surface area contributed by atoms with E-state index in [9.17, 15) is 19.7 Å². The van der Waals surface area contributed by atoms with Crippen LogP contribution in [0.15, 0.2) is 80.9 Å². The Morgan fingerprint density at radius 2 is 1.74 bits per heavy atom. The molecule has 1 aliphatic rings. The number of halogens is 2. The molecule has 54 heavy (non-hydrogen) atoms. The van der Waals surface area contributed by atoms with Gasteiger partial charge in [0.15, 0.2) is 5.69 Å². The summed E-state index contributed by atoms with van der Waals surface area (Å²) in [5.74, 6) is 1.03. The Kier molecular flexibility index (Phi) is 11.5. The van der Waals surface area contributed by atoms with Gasteiger partial charge in [-0.15, -0.1) is 0 Å². The second kappa shape index (κ2) is 16.1. The van der Waals surface area contributed by atoms with Gasteiger partial charge in [-0.25, -0.2) is 4.98 Å². The molecule has 6 rings (SSSR count). The quantitative estimate of drug-likeness (QED) is 0.0646. The first-order valence-corrected chi connectivity index (χ1v) is 18.7. The van der Waals surface area contributed by atoms with Crippen LogP contribution in [0.4, 0.5) is 17.5 Å². The van der Waals surface area contributed by atoms with Crippen LogP contribution in [0.5, 0.6) is 11.5 Å². The number of likely N-dealkylation sites (N-methyl/N-ethyl adjacent to an activating group) is 1. The number of benzene rings is 2. The zero-order valence-electron chi connectivity index (χ0n) is 30.5. The fraction of sp³-hybridized carbons (Fsp3) is 0.324. The highest BCUT2D eigenvalue weighted by Gasteiger charge is 2.30. The van der Waals surface area contributed by atoms with Crippen molar-refractivity contribution >= 4 is 66.3 Å². The highest BCUT2D eigenvalue weighted by atomic mass is 79.9. The minimum absolute atomic E-state index is 0.140. The van der Waals surface area contributed by atoms with Crippen molar-refractivity contribution in [3.63, 3.8) is 0 Å². The number of hydrogen-bond donors (Lipinski definition) is 1. The number of amides is 1. The number of aromatic nitrogens is 5. The lowest BCUT2D eigenvalue weighted by molar-refractivity contribution is -0.898. The van der Waals surface area contributed by atoms with Gasteiger partial charge in [0, 0.05) is 61.2 Å². The second-order valence-electron chi connectivity index (χ2n) is 13.6. The fourth-order valence-corrected chi connectivity index (χ4v) is 8.25. The summed E-state index contributed by atoms with van der Waals surface area (Å²) >= 11 is 7.32. The van der Waals surface area contributed by atoms with E-state index in [1.807, 2.05) is 44.4 Å². The molecule has 0 bridgehead atoms. The summed E-state index contributed by atoms with van der Waals surface area (Å²) in [6.45, 7) is 1.68. The number of nitrogens with zero attached hydrogens (tertiary/aromatic N) is 8. The van der Waals surface area contributed by atoms with E-state index >= 15 is 0 Å². The van der Waals surface area contributed by atoms with E-state index in [2.05, 4.69) is 47.1 Å². The maximum atomic E-state index is 14.7. The molecule has 0 atom stereocenters. The van der Waals surface area contributed by atoms with Crippen molar-refractivity contribution < 1.29 is 23.7 Å². The minimum Gasteiger partial charge on any atom is -0.495 e. The van der Waals surface area contributed by atoms with Crippen LogP contribution in [0, 0.1) is 10.1 Å². The summed E-state index contributed by atoms with van der Waals surface area (Å²) in [7, 11) is 8.71. The Labute approximate surface area is 328 Å². The first kappa shape index (κ1) is 38.6. The first-order valence-electron chi connectivity index (χ1n) is 17.1. The lowest BCUT2D eigenvalue weighted by Crippen LogP contribution is -2.41. The predicted octanol–water partition coefficient (Wildman–Crippen LogP) is 6.38. The summed E-state index contributed by atoms with van der Waals surface area (Å²) in [4.78, 5) is 54.2. The van der Waals surface area contributed by atoms with Crippen LogP contribution in [0.3, 0.4) is 0 Å². The molecule has 2 aromatic carbocycles. The number of piperidine rings is 1.